The van der Waals surface area contributed by atoms with E-state index < -0.39 is 40.5 Å². The maximum Gasteiger partial charge on any atom is 0.418 e. The highest BCUT2D eigenvalue weighted by Crippen LogP contribution is 2.65. The van der Waals surface area contributed by atoms with E-state index in [4.69, 9.17) is 27.1 Å². The Morgan fingerprint density at radius 3 is 2.76 bits per heavy atom. The number of fused-ring (bicyclic) bond motifs is 1. The highest BCUT2D eigenvalue weighted by Gasteiger charge is 2.75. The molecule has 8 heterocycles. The van der Waals surface area contributed by atoms with Crippen LogP contribution in [0.5, 0.6) is 6.01 Å². The molecule has 5 saturated heterocycles. The first kappa shape index (κ1) is 28.9. The predicted molar refractivity (Wildman–Crippen MR) is 163 cm³/mol. The number of aromatic nitrogens is 3. The molecule has 4 bridgehead atoms. The lowest BCUT2D eigenvalue weighted by Gasteiger charge is -2.43. The average Bonchev–Trinajstić information content (AvgIpc) is 3.24. The number of pyridine rings is 1. The van der Waals surface area contributed by atoms with Gasteiger partial charge in [0.1, 0.15) is 29.9 Å². The molecule has 6 atom stereocenters. The molecule has 0 amide bonds. The molecule has 1 spiro atoms. The first-order chi connectivity index (χ1) is 21.8. The fourth-order valence-corrected chi connectivity index (χ4v) is 10.0. The Kier molecular flexibility index (Phi) is 5.78. The number of nitrogen functional groups attached to an aromatic ring is 1. The van der Waals surface area contributed by atoms with Crippen molar-refractivity contribution < 1.29 is 26.7 Å². The van der Waals surface area contributed by atoms with Crippen molar-refractivity contribution in [1.82, 2.24) is 25.2 Å². The smallest absolute Gasteiger partial charge is 0.418 e. The number of alkyl halides is 4. The van der Waals surface area contributed by atoms with Crippen molar-refractivity contribution in [1.29, 1.82) is 0 Å². The van der Waals surface area contributed by atoms with Gasteiger partial charge < -0.3 is 20.7 Å². The number of ether oxygens (including phenoxy) is 1. The Hall–Kier alpha value is -3.29. The molecule has 10 rings (SSSR count). The van der Waals surface area contributed by atoms with Gasteiger partial charge in [0.2, 0.25) is 0 Å². The van der Waals surface area contributed by atoms with Crippen LogP contribution in [0, 0.1) is 18.7 Å². The summed E-state index contributed by atoms with van der Waals surface area (Å²) in [5.41, 5.74) is 3.03. The third kappa shape index (κ3) is 3.70. The van der Waals surface area contributed by atoms with Crippen molar-refractivity contribution in [3.8, 4) is 17.3 Å². The summed E-state index contributed by atoms with van der Waals surface area (Å²) in [6.07, 6.45) is -2.45. The number of benzene rings is 1. The molecule has 7 aliphatic rings. The van der Waals surface area contributed by atoms with Crippen LogP contribution in [-0.2, 0) is 6.18 Å². The Labute approximate surface area is 266 Å². The highest BCUT2D eigenvalue weighted by atomic mass is 35.5. The number of piperazine rings is 1. The Morgan fingerprint density at radius 2 is 2.02 bits per heavy atom. The van der Waals surface area contributed by atoms with Crippen LogP contribution >= 0.6 is 11.6 Å². The summed E-state index contributed by atoms with van der Waals surface area (Å²) >= 11 is 6.98. The van der Waals surface area contributed by atoms with Crippen LogP contribution in [-0.4, -0.2) is 75.4 Å². The summed E-state index contributed by atoms with van der Waals surface area (Å²) in [5.74, 6) is -0.570. The van der Waals surface area contributed by atoms with Crippen LogP contribution in [0.25, 0.3) is 27.7 Å². The molecule has 3 aromatic rings. The van der Waals surface area contributed by atoms with Gasteiger partial charge in [0, 0.05) is 43.1 Å². The second-order valence-corrected chi connectivity index (χ2v) is 14.3. The lowest BCUT2D eigenvalue weighted by Crippen LogP contribution is -2.58. The predicted octanol–water partition coefficient (Wildman–Crippen LogP) is 5.68. The molecule has 242 valence electrons. The number of halogens is 6. The zero-order valence-electron chi connectivity index (χ0n) is 24.9. The second-order valence-electron chi connectivity index (χ2n) is 13.9. The van der Waals surface area contributed by atoms with Crippen LogP contribution < -0.4 is 20.7 Å². The summed E-state index contributed by atoms with van der Waals surface area (Å²) in [5, 5.41) is 3.71. The second kappa shape index (κ2) is 9.19. The van der Waals surface area contributed by atoms with E-state index in [0.717, 1.165) is 31.9 Å². The monoisotopic (exact) mass is 659 g/mol. The normalized spacial score (nSPS) is 32.6. The Morgan fingerprint density at radius 1 is 1.22 bits per heavy atom. The van der Waals surface area contributed by atoms with Gasteiger partial charge in [-0.3, -0.25) is 4.90 Å². The van der Waals surface area contributed by atoms with Gasteiger partial charge in [-0.2, -0.15) is 23.1 Å². The van der Waals surface area contributed by atoms with Crippen LogP contribution in [0.3, 0.4) is 0 Å². The van der Waals surface area contributed by atoms with Gasteiger partial charge in [0.15, 0.2) is 5.82 Å². The first-order valence-electron chi connectivity index (χ1n) is 15.6. The molecule has 8 nitrogen and oxygen atoms in total. The third-order valence-electron chi connectivity index (χ3n) is 11.4. The zero-order chi connectivity index (χ0) is 32.1. The molecule has 6 fully saturated rings. The summed E-state index contributed by atoms with van der Waals surface area (Å²) < 4.78 is 81.3. The number of anilines is 2. The molecule has 1 unspecified atom stereocenters. The van der Waals surface area contributed by atoms with Crippen molar-refractivity contribution in [2.75, 3.05) is 36.9 Å². The van der Waals surface area contributed by atoms with Crippen molar-refractivity contribution in [2.24, 2.45) is 5.92 Å². The fourth-order valence-electron chi connectivity index (χ4n) is 9.62. The zero-order valence-corrected chi connectivity index (χ0v) is 25.7. The van der Waals surface area contributed by atoms with Gasteiger partial charge >= 0.3 is 12.2 Å². The van der Waals surface area contributed by atoms with Crippen LogP contribution in [0.4, 0.5) is 33.6 Å². The van der Waals surface area contributed by atoms with Crippen LogP contribution in [0.15, 0.2) is 12.6 Å². The largest absolute Gasteiger partial charge is 0.461 e. The maximum atomic E-state index is 17.0. The molecule has 46 heavy (non-hydrogen) atoms. The van der Waals surface area contributed by atoms with Crippen molar-refractivity contribution in [3.63, 3.8) is 0 Å². The number of hydrogen-bond donors (Lipinski definition) is 2. The van der Waals surface area contributed by atoms with E-state index in [9.17, 15) is 17.6 Å². The highest BCUT2D eigenvalue weighted by molar-refractivity contribution is 6.37. The van der Waals surface area contributed by atoms with E-state index in [1.807, 2.05) is 0 Å². The van der Waals surface area contributed by atoms with E-state index in [1.165, 1.54) is 6.92 Å². The number of nitrogens with two attached hydrogens (primary N) is 1. The van der Waals surface area contributed by atoms with Crippen LogP contribution in [0.1, 0.15) is 48.8 Å². The molecular weight excluding hydrogens is 629 g/mol. The van der Waals surface area contributed by atoms with Crippen molar-refractivity contribution in [3.05, 3.63) is 40.2 Å². The van der Waals surface area contributed by atoms with E-state index in [-0.39, 0.29) is 57.5 Å². The van der Waals surface area contributed by atoms with E-state index in [2.05, 4.69) is 31.7 Å². The lowest BCUT2D eigenvalue weighted by molar-refractivity contribution is -0.137. The number of rotatable bonds is 4. The van der Waals surface area contributed by atoms with Crippen LogP contribution in [0.2, 0.25) is 5.02 Å². The lowest BCUT2D eigenvalue weighted by atomic mass is 9.89. The van der Waals surface area contributed by atoms with E-state index >= 15 is 4.39 Å². The number of piperidine rings is 2. The third-order valence-corrected chi connectivity index (χ3v) is 11.8. The number of nitrogens with one attached hydrogen (secondary N) is 1. The summed E-state index contributed by atoms with van der Waals surface area (Å²) in [6, 6.07) is 1.35. The topological polar surface area (TPSA) is 92.4 Å². The average molecular weight is 660 g/mol. The standard InChI is InChI=1S/C32H31ClF5N7O/c1-13-6-18(39)41-25(22(13)32(36,37)38)21-23(33)19-14(2)8-31-17-7-16(40-27(17)31)11-45(31)28-20(19)26(24(21)35)42-29(43-28)46-12-30-4-3-5-44(30)10-15(34)9-30/h6,15-17,27,40H,2-5,7-12H2,1H3,(H2,39,41)/t15-,16-,17?,27+,30+,31-/m1/s1. The summed E-state index contributed by atoms with van der Waals surface area (Å²) in [7, 11) is 0. The minimum Gasteiger partial charge on any atom is -0.461 e. The van der Waals surface area contributed by atoms with Crippen molar-refractivity contribution >= 4 is 39.7 Å². The van der Waals surface area contributed by atoms with Crippen molar-refractivity contribution in [2.45, 2.75) is 74.5 Å². The molecule has 0 radical (unpaired) electrons. The first-order valence-corrected chi connectivity index (χ1v) is 16.0. The van der Waals surface area contributed by atoms with Gasteiger partial charge in [0.05, 0.1) is 38.3 Å². The molecule has 1 aliphatic carbocycles. The Balaban J connectivity index is 1.28. The quantitative estimate of drug-likeness (QED) is 0.346. The molecule has 14 heteroatoms. The molecule has 6 aliphatic heterocycles. The van der Waals surface area contributed by atoms with E-state index in [0.29, 0.717) is 48.8 Å². The minimum atomic E-state index is -4.88. The van der Waals surface area contributed by atoms with Gasteiger partial charge in [-0.25, -0.2) is 13.8 Å². The SMILES string of the molecule is C=C1C[C@]23C4C[C@H](CN2c2nc(OC[C@@]56CCCN5C[C@H](F)C6)nc5c(F)c(-c6nc(N)cc(C)c6C(F)(F)F)c(Cl)c1c25)N[C@@H]43. The Bertz CT molecular complexity index is 1870. The minimum absolute atomic E-state index is 0.106. The number of hydrogen-bond acceptors (Lipinski definition) is 8. The summed E-state index contributed by atoms with van der Waals surface area (Å²) in [4.78, 5) is 17.6. The molecular formula is C32H31ClF5N7O. The van der Waals surface area contributed by atoms with Gasteiger partial charge in [0.25, 0.3) is 0 Å². The van der Waals surface area contributed by atoms with Gasteiger partial charge in [-0.05, 0) is 56.4 Å². The summed E-state index contributed by atoms with van der Waals surface area (Å²) in [6.45, 7) is 7.39. The number of aryl methyl sites for hydroxylation is 1. The fraction of sp³-hybridized carbons (Fsp3) is 0.531. The molecule has 3 N–H and O–H groups in total. The molecule has 1 saturated carbocycles. The number of nitrogens with zero attached hydrogens (tertiary/aromatic N) is 5. The van der Waals surface area contributed by atoms with Gasteiger partial charge in [-0.1, -0.05) is 18.2 Å². The molecule has 2 aromatic heterocycles. The molecule has 1 aromatic carbocycles. The van der Waals surface area contributed by atoms with Gasteiger partial charge in [-0.15, -0.1) is 0 Å². The van der Waals surface area contributed by atoms with E-state index in [1.54, 1.807) is 0 Å². The maximum absolute atomic E-state index is 17.0.